The third-order valence-corrected chi connectivity index (χ3v) is 6.22. The normalized spacial score (nSPS) is 16.1. The standard InChI is InChI=1S/C29H30F3N3O5/c1-18(2)34-23-14-13-20(10-6-5-9-15-33)17-22(23)26(37)35(25(27(34)38)21-11-7-4-8-12-21)19(3)16-24(36)40-28(39)29(30,31)32/h4,7-8,11-14,17-19,25H,5,9,15-16,33H2,1-3H3. The maximum absolute atomic E-state index is 14.2. The summed E-state index contributed by atoms with van der Waals surface area (Å²) in [5.74, 6) is 0.732. The van der Waals surface area contributed by atoms with E-state index in [0.29, 0.717) is 36.2 Å². The molecular weight excluding hydrogens is 527 g/mol. The third kappa shape index (κ3) is 6.87. The lowest BCUT2D eigenvalue weighted by Gasteiger charge is -2.36. The van der Waals surface area contributed by atoms with E-state index in [1.165, 1.54) is 11.8 Å². The zero-order chi connectivity index (χ0) is 29.6. The molecule has 0 aromatic heterocycles. The number of nitrogens with two attached hydrogens (primary N) is 1. The Hall–Kier alpha value is -4.17. The molecule has 2 amide bonds. The van der Waals surface area contributed by atoms with Gasteiger partial charge < -0.3 is 20.3 Å². The molecule has 1 aliphatic rings. The number of anilines is 1. The van der Waals surface area contributed by atoms with Crippen molar-refractivity contribution in [3.05, 3.63) is 65.2 Å². The van der Waals surface area contributed by atoms with Gasteiger partial charge in [-0.05, 0) is 57.5 Å². The predicted molar refractivity (Wildman–Crippen MR) is 141 cm³/mol. The zero-order valence-electron chi connectivity index (χ0n) is 22.3. The summed E-state index contributed by atoms with van der Waals surface area (Å²) in [6, 6.07) is 10.5. The van der Waals surface area contributed by atoms with Crippen LogP contribution in [0.2, 0.25) is 0 Å². The molecule has 40 heavy (non-hydrogen) atoms. The highest BCUT2D eigenvalue weighted by Gasteiger charge is 2.45. The lowest BCUT2D eigenvalue weighted by atomic mass is 10.0. The topological polar surface area (TPSA) is 110 Å². The van der Waals surface area contributed by atoms with Crippen molar-refractivity contribution in [1.82, 2.24) is 4.90 Å². The number of unbranched alkanes of at least 4 members (excludes halogenated alkanes) is 1. The molecule has 0 aliphatic carbocycles. The van der Waals surface area contributed by atoms with Crippen LogP contribution >= 0.6 is 0 Å². The Kier molecular flexibility index (Phi) is 9.71. The Labute approximate surface area is 230 Å². The molecule has 2 aromatic rings. The summed E-state index contributed by atoms with van der Waals surface area (Å²) in [7, 11) is 0. The second-order valence-corrected chi connectivity index (χ2v) is 9.57. The Morgan fingerprint density at radius 1 is 1.07 bits per heavy atom. The van der Waals surface area contributed by atoms with Gasteiger partial charge in [-0.2, -0.15) is 13.2 Å². The van der Waals surface area contributed by atoms with Crippen molar-refractivity contribution in [2.75, 3.05) is 11.4 Å². The van der Waals surface area contributed by atoms with E-state index >= 15 is 0 Å². The van der Waals surface area contributed by atoms with Gasteiger partial charge in [-0.3, -0.25) is 14.4 Å². The average Bonchev–Trinajstić information content (AvgIpc) is 2.98. The molecule has 212 valence electrons. The molecule has 8 nitrogen and oxygen atoms in total. The number of esters is 2. The number of carbonyl (C=O) groups excluding carboxylic acids is 4. The van der Waals surface area contributed by atoms with Crippen molar-refractivity contribution in [2.24, 2.45) is 5.73 Å². The molecule has 0 saturated heterocycles. The van der Waals surface area contributed by atoms with Gasteiger partial charge in [0.2, 0.25) is 0 Å². The van der Waals surface area contributed by atoms with Crippen molar-refractivity contribution in [2.45, 2.75) is 64.3 Å². The van der Waals surface area contributed by atoms with Crippen LogP contribution in [-0.2, 0) is 19.1 Å². The number of benzene rings is 2. The molecule has 0 bridgehead atoms. The zero-order valence-corrected chi connectivity index (χ0v) is 22.3. The second kappa shape index (κ2) is 12.8. The van der Waals surface area contributed by atoms with Crippen molar-refractivity contribution in [3.8, 4) is 11.8 Å². The van der Waals surface area contributed by atoms with E-state index in [4.69, 9.17) is 5.73 Å². The summed E-state index contributed by atoms with van der Waals surface area (Å²) in [6.07, 6.45) is -4.88. The number of halogens is 3. The SMILES string of the molecule is CC(C)N1C(=O)C(c2ccccc2)N(C(C)CC(=O)OC(=O)C(F)(F)F)C(=O)c2cc(C#CCCCN)ccc21. The minimum atomic E-state index is -5.36. The van der Waals surface area contributed by atoms with E-state index in [9.17, 15) is 32.3 Å². The molecule has 1 heterocycles. The van der Waals surface area contributed by atoms with E-state index in [1.807, 2.05) is 0 Å². The van der Waals surface area contributed by atoms with Crippen LogP contribution in [0.4, 0.5) is 18.9 Å². The number of fused-ring (bicyclic) bond motifs is 1. The van der Waals surface area contributed by atoms with Crippen LogP contribution in [0.5, 0.6) is 0 Å². The van der Waals surface area contributed by atoms with Gasteiger partial charge in [0.05, 0.1) is 17.7 Å². The van der Waals surface area contributed by atoms with Crippen LogP contribution in [-0.4, -0.2) is 53.5 Å². The summed E-state index contributed by atoms with van der Waals surface area (Å²) >= 11 is 0. The van der Waals surface area contributed by atoms with Gasteiger partial charge in [-0.1, -0.05) is 42.2 Å². The number of hydrogen-bond donors (Lipinski definition) is 1. The quantitative estimate of drug-likeness (QED) is 0.237. The third-order valence-electron chi connectivity index (χ3n) is 6.22. The molecule has 3 rings (SSSR count). The number of nitrogens with zero attached hydrogens (tertiary/aromatic N) is 2. The Balaban J connectivity index is 2.12. The van der Waals surface area contributed by atoms with Crippen LogP contribution in [0.3, 0.4) is 0 Å². The number of amides is 2. The molecule has 11 heteroatoms. The molecule has 2 atom stereocenters. The van der Waals surface area contributed by atoms with E-state index in [1.54, 1.807) is 62.4 Å². The summed E-state index contributed by atoms with van der Waals surface area (Å²) in [5, 5.41) is 0. The smallest absolute Gasteiger partial charge is 0.386 e. The van der Waals surface area contributed by atoms with Crippen LogP contribution in [0.1, 0.15) is 67.6 Å². The van der Waals surface area contributed by atoms with E-state index < -0.39 is 48.4 Å². The highest BCUT2D eigenvalue weighted by molar-refractivity contribution is 6.12. The first kappa shape index (κ1) is 30.4. The van der Waals surface area contributed by atoms with E-state index in [0.717, 1.165) is 4.90 Å². The summed E-state index contributed by atoms with van der Waals surface area (Å²) in [4.78, 5) is 54.4. The van der Waals surface area contributed by atoms with Gasteiger partial charge in [0.25, 0.3) is 11.8 Å². The van der Waals surface area contributed by atoms with Crippen LogP contribution in [0, 0.1) is 11.8 Å². The Morgan fingerprint density at radius 2 is 1.75 bits per heavy atom. The highest BCUT2D eigenvalue weighted by atomic mass is 19.4. The van der Waals surface area contributed by atoms with Gasteiger partial charge in [-0.25, -0.2) is 4.79 Å². The van der Waals surface area contributed by atoms with Crippen LogP contribution < -0.4 is 10.6 Å². The van der Waals surface area contributed by atoms with Gasteiger partial charge in [0.15, 0.2) is 0 Å². The molecular formula is C29H30F3N3O5. The fourth-order valence-corrected chi connectivity index (χ4v) is 4.44. The van der Waals surface area contributed by atoms with E-state index in [2.05, 4.69) is 16.6 Å². The Bertz CT molecular complexity index is 1330. The molecule has 0 fully saturated rings. The summed E-state index contributed by atoms with van der Waals surface area (Å²) in [6.45, 7) is 5.46. The first-order valence-corrected chi connectivity index (χ1v) is 12.7. The lowest BCUT2D eigenvalue weighted by Crippen LogP contribution is -2.48. The largest absolute Gasteiger partial charge is 0.491 e. The fourth-order valence-electron chi connectivity index (χ4n) is 4.44. The van der Waals surface area contributed by atoms with Crippen molar-refractivity contribution >= 4 is 29.4 Å². The molecule has 2 unspecified atom stereocenters. The highest BCUT2D eigenvalue weighted by Crippen LogP contribution is 2.38. The van der Waals surface area contributed by atoms with Crippen molar-refractivity contribution in [3.63, 3.8) is 0 Å². The minimum absolute atomic E-state index is 0.137. The molecule has 2 N–H and O–H groups in total. The number of carbonyl (C=O) groups is 4. The number of hydrogen-bond acceptors (Lipinski definition) is 6. The van der Waals surface area contributed by atoms with Crippen molar-refractivity contribution in [1.29, 1.82) is 0 Å². The molecule has 0 spiro atoms. The predicted octanol–water partition coefficient (Wildman–Crippen LogP) is 4.13. The fraction of sp³-hybridized carbons (Fsp3) is 0.379. The maximum atomic E-state index is 14.2. The van der Waals surface area contributed by atoms with Gasteiger partial charge >= 0.3 is 18.1 Å². The molecule has 0 saturated carbocycles. The lowest BCUT2D eigenvalue weighted by molar-refractivity contribution is -0.202. The first-order chi connectivity index (χ1) is 18.9. The Morgan fingerprint density at radius 3 is 2.35 bits per heavy atom. The number of rotatable bonds is 7. The van der Waals surface area contributed by atoms with E-state index in [-0.39, 0.29) is 11.6 Å². The first-order valence-electron chi connectivity index (χ1n) is 12.7. The second-order valence-electron chi connectivity index (χ2n) is 9.57. The van der Waals surface area contributed by atoms with Gasteiger partial charge in [0.1, 0.15) is 6.04 Å². The van der Waals surface area contributed by atoms with Crippen molar-refractivity contribution < 1.29 is 37.1 Å². The van der Waals surface area contributed by atoms with Gasteiger partial charge in [-0.15, -0.1) is 0 Å². The van der Waals surface area contributed by atoms with Crippen LogP contribution in [0.15, 0.2) is 48.5 Å². The van der Waals surface area contributed by atoms with Crippen LogP contribution in [0.25, 0.3) is 0 Å². The number of alkyl halides is 3. The monoisotopic (exact) mass is 557 g/mol. The molecule has 2 aromatic carbocycles. The molecule has 1 aliphatic heterocycles. The summed E-state index contributed by atoms with van der Waals surface area (Å²) in [5.41, 5.74) is 6.94. The molecule has 0 radical (unpaired) electrons. The maximum Gasteiger partial charge on any atom is 0.491 e. The summed E-state index contributed by atoms with van der Waals surface area (Å²) < 4.78 is 41.9. The number of ether oxygens (including phenoxy) is 1. The minimum Gasteiger partial charge on any atom is -0.386 e. The van der Waals surface area contributed by atoms with Gasteiger partial charge in [0, 0.05) is 24.1 Å². The average molecular weight is 558 g/mol.